The summed E-state index contributed by atoms with van der Waals surface area (Å²) in [6.07, 6.45) is -10.5. The molecule has 162 valence electrons. The van der Waals surface area contributed by atoms with Crippen LogP contribution in [-0.4, -0.2) is 36.8 Å². The fraction of sp³-hybridized carbons (Fsp3) is 0.750. The summed E-state index contributed by atoms with van der Waals surface area (Å²) in [5.41, 5.74) is -0.470. The van der Waals surface area contributed by atoms with Crippen molar-refractivity contribution >= 4 is 11.9 Å². The lowest BCUT2D eigenvalue weighted by molar-refractivity contribution is -0.162. The van der Waals surface area contributed by atoms with Crippen molar-refractivity contribution in [2.24, 2.45) is 29.5 Å². The van der Waals surface area contributed by atoms with Gasteiger partial charge in [-0.15, -0.1) is 0 Å². The summed E-state index contributed by atoms with van der Waals surface area (Å²) in [6.45, 7) is 1.02. The highest BCUT2D eigenvalue weighted by Gasteiger charge is 2.42. The van der Waals surface area contributed by atoms with Crippen LogP contribution in [0.2, 0.25) is 0 Å². The summed E-state index contributed by atoms with van der Waals surface area (Å²) in [7, 11) is 0. The third-order valence-corrected chi connectivity index (χ3v) is 5.68. The highest BCUT2D eigenvalue weighted by atomic mass is 16.5. The van der Waals surface area contributed by atoms with Crippen LogP contribution in [-0.2, 0) is 19.1 Å². The molecule has 1 saturated heterocycles. The van der Waals surface area contributed by atoms with Gasteiger partial charge < -0.3 is 14.6 Å². The van der Waals surface area contributed by atoms with Crippen LogP contribution in [0.15, 0.2) is 23.7 Å². The van der Waals surface area contributed by atoms with E-state index in [1.165, 1.54) is 13.8 Å². The van der Waals surface area contributed by atoms with Crippen LogP contribution in [0.25, 0.3) is 0 Å². The van der Waals surface area contributed by atoms with Gasteiger partial charge in [-0.2, -0.15) is 0 Å². The Balaban J connectivity index is 2.20. The molecule has 0 aromatic heterocycles. The summed E-state index contributed by atoms with van der Waals surface area (Å²) < 4.78 is 119. The normalized spacial score (nSPS) is 54.4. The van der Waals surface area contributed by atoms with Crippen LogP contribution in [0.3, 0.4) is 0 Å². The van der Waals surface area contributed by atoms with Crippen LogP contribution >= 0.6 is 0 Å². The van der Waals surface area contributed by atoms with Gasteiger partial charge in [0.25, 0.3) is 0 Å². The van der Waals surface area contributed by atoms with Gasteiger partial charge in [0.1, 0.15) is 12.2 Å². The van der Waals surface area contributed by atoms with Crippen molar-refractivity contribution < 1.29 is 40.6 Å². The van der Waals surface area contributed by atoms with Gasteiger partial charge in [0.2, 0.25) is 1.43 Å². The molecule has 2 aliphatic carbocycles. The third kappa shape index (κ3) is 5.30. The van der Waals surface area contributed by atoms with Gasteiger partial charge in [-0.3, -0.25) is 9.59 Å². The molecular formula is C24H36O5. The summed E-state index contributed by atoms with van der Waals surface area (Å²) >= 11 is 0. The summed E-state index contributed by atoms with van der Waals surface area (Å²) in [6, 6.07) is -2.40. The smallest absolute Gasteiger partial charge is 0.308 e. The van der Waals surface area contributed by atoms with Gasteiger partial charge >= 0.3 is 11.9 Å². The lowest BCUT2D eigenvalue weighted by atomic mass is 9.65. The number of cyclic esters (lactones) is 1. The molecule has 0 radical (unpaired) electrons. The molecular weight excluding hydrogens is 368 g/mol. The number of hydrogen-bond acceptors (Lipinski definition) is 5. The summed E-state index contributed by atoms with van der Waals surface area (Å²) in [5, 5.41) is 4.41. The Morgan fingerprint density at radius 3 is 3.14 bits per heavy atom. The van der Waals surface area contributed by atoms with Crippen LogP contribution < -0.4 is 0 Å². The average molecular weight is 418 g/mol. The molecule has 1 aliphatic heterocycles. The lowest BCUT2D eigenvalue weighted by Crippen LogP contribution is -2.42. The average Bonchev–Trinajstić information content (AvgIpc) is 2.88. The molecule has 0 aromatic rings. The van der Waals surface area contributed by atoms with E-state index < -0.39 is 103 Å². The molecule has 3 rings (SSSR count). The first-order valence-corrected chi connectivity index (χ1v) is 9.96. The van der Waals surface area contributed by atoms with Crippen molar-refractivity contribution in [3.05, 3.63) is 23.7 Å². The molecule has 1 fully saturated rings. The predicted molar refractivity (Wildman–Crippen MR) is 111 cm³/mol. The minimum absolute atomic E-state index is 0.0984. The molecule has 0 saturated carbocycles. The zero-order valence-corrected chi connectivity index (χ0v) is 16.8. The Kier molecular flexibility index (Phi) is 3.46. The second-order valence-electron chi connectivity index (χ2n) is 7.76. The Morgan fingerprint density at radius 2 is 2.41 bits per heavy atom. The van der Waals surface area contributed by atoms with Gasteiger partial charge in [0.05, 0.1) is 22.5 Å². The third-order valence-electron chi connectivity index (χ3n) is 5.68. The maximum Gasteiger partial charge on any atom is 0.308 e. The van der Waals surface area contributed by atoms with Crippen molar-refractivity contribution in [2.45, 2.75) is 84.4 Å². The van der Waals surface area contributed by atoms with Crippen LogP contribution in [0.5, 0.6) is 0 Å². The lowest BCUT2D eigenvalue weighted by Gasteiger charge is -2.43. The SMILES string of the molecule is [2H]O[C@@H]1CC(CC[C@@H]2[C@@H]3C(=C([2H])[C@]([2H])(C([2H])([2H])[2H])C([2H])([2H])[C@@H]3OC(=O)[C@@H](C)CC)C([2H])=C([2H])[C@]2([2H])C)OC(=O)C1([2H])[2H]. The number of esters is 2. The number of ether oxygens (including phenoxy) is 2. The number of aliphatic hydroxyl groups excluding tert-OH is 1. The number of fused-ring (bicyclic) bond motifs is 1. The van der Waals surface area contributed by atoms with Crippen molar-refractivity contribution in [3.63, 3.8) is 0 Å². The number of carbonyl (C=O) groups is 2. The number of aliphatic hydroxyl groups is 1. The van der Waals surface area contributed by atoms with Crippen molar-refractivity contribution in [2.75, 3.05) is 0 Å². The van der Waals surface area contributed by atoms with E-state index in [1.807, 2.05) is 0 Å². The van der Waals surface area contributed by atoms with Gasteiger partial charge in [0.15, 0.2) is 0 Å². The molecule has 3 aliphatic rings. The van der Waals surface area contributed by atoms with E-state index in [9.17, 15) is 9.59 Å². The van der Waals surface area contributed by atoms with E-state index in [0.717, 1.165) is 0 Å². The number of carbonyl (C=O) groups excluding carboxylic acids is 2. The van der Waals surface area contributed by atoms with Crippen molar-refractivity contribution in [1.29, 1.82) is 1.43 Å². The first-order valence-electron chi connectivity index (χ1n) is 16.4. The monoisotopic (exact) mass is 417 g/mol. The molecule has 0 aromatic carbocycles. The molecule has 0 bridgehead atoms. The summed E-state index contributed by atoms with van der Waals surface area (Å²) in [5.74, 6) is -10.8. The van der Waals surface area contributed by atoms with Gasteiger partial charge in [-0.25, -0.2) is 0 Å². The van der Waals surface area contributed by atoms with Crippen LogP contribution in [0.4, 0.5) is 0 Å². The maximum atomic E-state index is 13.0. The Hall–Kier alpha value is -1.62. The molecule has 0 spiro atoms. The van der Waals surface area contributed by atoms with E-state index in [0.29, 0.717) is 0 Å². The molecule has 1 N–H and O–H groups in total. The van der Waals surface area contributed by atoms with Crippen molar-refractivity contribution in [1.82, 2.24) is 0 Å². The van der Waals surface area contributed by atoms with Gasteiger partial charge in [-0.1, -0.05) is 45.8 Å². The van der Waals surface area contributed by atoms with Crippen LogP contribution in [0, 0.1) is 29.5 Å². The number of rotatable bonds is 7. The topological polar surface area (TPSA) is 72.8 Å². The maximum absolute atomic E-state index is 13.0. The second kappa shape index (κ2) is 9.46. The molecule has 1 unspecified atom stereocenters. The van der Waals surface area contributed by atoms with E-state index >= 15 is 0 Å². The van der Waals surface area contributed by atoms with Crippen LogP contribution in [0.1, 0.15) is 82.5 Å². The van der Waals surface area contributed by atoms with Gasteiger partial charge in [0, 0.05) is 24.7 Å². The first kappa shape index (κ1) is 10.6. The predicted octanol–water partition coefficient (Wildman–Crippen LogP) is 4.20. The zero-order valence-electron chi connectivity index (χ0n) is 29.8. The van der Waals surface area contributed by atoms with E-state index in [4.69, 9.17) is 27.4 Å². The Labute approximate surface area is 192 Å². The number of allylic oxidation sites excluding steroid dienone is 3. The van der Waals surface area contributed by atoms with Crippen molar-refractivity contribution in [3.8, 4) is 0 Å². The molecule has 5 heteroatoms. The molecule has 1 heterocycles. The van der Waals surface area contributed by atoms with E-state index in [2.05, 4.69) is 5.11 Å². The summed E-state index contributed by atoms with van der Waals surface area (Å²) in [4.78, 5) is 25.3. The molecule has 0 amide bonds. The first-order chi connectivity index (χ1) is 19.0. The minimum Gasteiger partial charge on any atom is -0.462 e. The second-order valence-corrected chi connectivity index (χ2v) is 7.76. The minimum atomic E-state index is -3.45. The van der Waals surface area contributed by atoms with E-state index in [-0.39, 0.29) is 25.7 Å². The molecule has 5 nitrogen and oxygen atoms in total. The highest BCUT2D eigenvalue weighted by molar-refractivity contribution is 5.72. The number of hydrogen-bond donors (Lipinski definition) is 1. The molecule has 29 heavy (non-hydrogen) atoms. The quantitative estimate of drug-likeness (QED) is 0.629. The fourth-order valence-corrected chi connectivity index (χ4v) is 3.80. The highest BCUT2D eigenvalue weighted by Crippen LogP contribution is 2.45. The molecule has 8 atom stereocenters. The standard InChI is InChI=1S/C24H36O5/c1-5-15(3)24(27)29-21-11-14(2)10-17-7-6-16(4)20(23(17)21)9-8-19-12-18(25)13-22(26)28-19/h6-7,10,14-16,18-21,23,25H,5,8-9,11-13H2,1-4H3/t14-,15-,16-,18+,19?,20-,21-,23-/m0/s1/i2D3,6D,7D,10D,11D2,13D2,14D,16D,25D. The fourth-order valence-electron chi connectivity index (χ4n) is 3.80. The largest absolute Gasteiger partial charge is 0.462 e. The van der Waals surface area contributed by atoms with E-state index in [1.54, 1.807) is 6.92 Å². The van der Waals surface area contributed by atoms with Gasteiger partial charge in [-0.05, 0) is 48.9 Å². The Bertz CT molecular complexity index is 1160. The Morgan fingerprint density at radius 1 is 1.59 bits per heavy atom. The zero-order chi connectivity index (χ0) is 32.4.